The minimum Gasteiger partial charge on any atom is -0.497 e. The Hall–Kier alpha value is -1.87. The van der Waals surface area contributed by atoms with Gasteiger partial charge < -0.3 is 28.8 Å². The van der Waals surface area contributed by atoms with E-state index < -0.39 is 17.9 Å². The first-order chi connectivity index (χ1) is 14.7. The average Bonchev–Trinajstić information content (AvgIpc) is 3.04. The molecule has 0 saturated carbocycles. The minimum atomic E-state index is -0.750. The quantitative estimate of drug-likeness (QED) is 0.476. The lowest BCUT2D eigenvalue weighted by atomic mass is 10.0. The number of hydrogen-bond acceptors (Lipinski definition) is 7. The van der Waals surface area contributed by atoms with E-state index in [1.165, 1.54) is 7.11 Å². The lowest BCUT2D eigenvalue weighted by molar-refractivity contribution is -0.148. The largest absolute Gasteiger partial charge is 0.497 e. The van der Waals surface area contributed by atoms with Crippen LogP contribution in [0.3, 0.4) is 0 Å². The van der Waals surface area contributed by atoms with Crippen molar-refractivity contribution in [1.29, 1.82) is 0 Å². The van der Waals surface area contributed by atoms with Gasteiger partial charge in [0.1, 0.15) is 29.3 Å². The Bertz CT molecular complexity index is 803. The zero-order valence-electron chi connectivity index (χ0n) is 18.6. The third kappa shape index (κ3) is 7.07. The molecule has 1 aliphatic rings. The number of halogens is 1. The van der Waals surface area contributed by atoms with E-state index in [2.05, 4.69) is 15.9 Å². The van der Waals surface area contributed by atoms with E-state index in [0.717, 1.165) is 0 Å². The number of aliphatic hydroxyl groups excluding tert-OH is 1. The van der Waals surface area contributed by atoms with Crippen LogP contribution in [0.25, 0.3) is 6.08 Å². The van der Waals surface area contributed by atoms with Crippen molar-refractivity contribution in [3.05, 3.63) is 40.4 Å². The highest BCUT2D eigenvalue weighted by Gasteiger charge is 2.40. The molecule has 7 nitrogen and oxygen atoms in total. The minimum absolute atomic E-state index is 0.132. The van der Waals surface area contributed by atoms with Crippen LogP contribution in [0.5, 0.6) is 11.5 Å². The van der Waals surface area contributed by atoms with Gasteiger partial charge in [0, 0.05) is 12.5 Å². The van der Waals surface area contributed by atoms with Crippen molar-refractivity contribution in [1.82, 2.24) is 0 Å². The molecule has 31 heavy (non-hydrogen) atoms. The molecule has 0 spiro atoms. The Balaban J connectivity index is 2.28. The van der Waals surface area contributed by atoms with Gasteiger partial charge in [0.25, 0.3) is 0 Å². The van der Waals surface area contributed by atoms with E-state index in [9.17, 15) is 9.90 Å². The van der Waals surface area contributed by atoms with Crippen LogP contribution in [-0.4, -0.2) is 56.0 Å². The van der Waals surface area contributed by atoms with Crippen LogP contribution in [0.2, 0.25) is 0 Å². The van der Waals surface area contributed by atoms with Gasteiger partial charge in [0.05, 0.1) is 26.9 Å². The highest BCUT2D eigenvalue weighted by atomic mass is 79.9. The number of carbonyl (C=O) groups is 1. The van der Waals surface area contributed by atoms with Gasteiger partial charge in [0.15, 0.2) is 5.79 Å². The molecule has 1 saturated heterocycles. The second-order valence-electron chi connectivity index (χ2n) is 7.64. The fourth-order valence-electron chi connectivity index (χ4n) is 3.36. The number of rotatable bonds is 10. The molecule has 0 aliphatic carbocycles. The molecule has 1 heterocycles. The summed E-state index contributed by atoms with van der Waals surface area (Å²) < 4.78 is 27.9. The highest BCUT2D eigenvalue weighted by molar-refractivity contribution is 9.11. The number of aliphatic hydroxyl groups is 1. The van der Waals surface area contributed by atoms with Gasteiger partial charge >= 0.3 is 5.97 Å². The summed E-state index contributed by atoms with van der Waals surface area (Å²) in [5.41, 5.74) is 0.917. The van der Waals surface area contributed by atoms with Gasteiger partial charge in [-0.2, -0.15) is 0 Å². The van der Waals surface area contributed by atoms with Crippen LogP contribution >= 0.6 is 15.9 Å². The Morgan fingerprint density at radius 2 is 1.94 bits per heavy atom. The van der Waals surface area contributed by atoms with Crippen molar-refractivity contribution in [3.63, 3.8) is 0 Å². The van der Waals surface area contributed by atoms with Crippen molar-refractivity contribution >= 4 is 28.0 Å². The molecular weight excluding hydrogens is 468 g/mol. The predicted octanol–water partition coefficient (Wildman–Crippen LogP) is 4.46. The fraction of sp³-hybridized carbons (Fsp3) is 0.522. The van der Waals surface area contributed by atoms with Crippen molar-refractivity contribution in [2.45, 2.75) is 57.7 Å². The Kier molecular flexibility index (Phi) is 9.55. The molecule has 1 fully saturated rings. The Morgan fingerprint density at radius 3 is 2.55 bits per heavy atom. The summed E-state index contributed by atoms with van der Waals surface area (Å²) in [5, 5.41) is 9.55. The third-order valence-corrected chi connectivity index (χ3v) is 5.14. The molecule has 1 aromatic carbocycles. The molecule has 0 amide bonds. The molecular formula is C23H31BrO7. The molecule has 1 aromatic rings. The summed E-state index contributed by atoms with van der Waals surface area (Å²) >= 11 is 3.21. The smallest absolute Gasteiger partial charge is 0.342 e. The van der Waals surface area contributed by atoms with Crippen molar-refractivity contribution in [2.75, 3.05) is 20.8 Å². The standard InChI is InChI=1S/C23H31BrO7/c1-15(8-7-11-24)29-22(26)21-16(12-17(27-4)13-19(21)28-5)9-6-10-18-20(14-25)31-23(2,3)30-18/h6-7,9,11-13,15,18,20,25H,8,10,14H2,1-5H3/b9-6+,11-7-/t15-,18-,20+/m0/s1. The number of esters is 1. The van der Waals surface area contributed by atoms with E-state index in [-0.39, 0.29) is 18.8 Å². The normalized spacial score (nSPS) is 21.5. The molecule has 1 N–H and O–H groups in total. The van der Waals surface area contributed by atoms with Gasteiger partial charge in [0.2, 0.25) is 0 Å². The zero-order chi connectivity index (χ0) is 23.0. The second-order valence-corrected chi connectivity index (χ2v) is 8.17. The van der Waals surface area contributed by atoms with E-state index in [4.69, 9.17) is 23.7 Å². The summed E-state index contributed by atoms with van der Waals surface area (Å²) in [6, 6.07) is 3.40. The number of ether oxygens (including phenoxy) is 5. The molecule has 1 aliphatic heterocycles. The number of hydrogen-bond donors (Lipinski definition) is 1. The zero-order valence-corrected chi connectivity index (χ0v) is 20.2. The predicted molar refractivity (Wildman–Crippen MR) is 122 cm³/mol. The summed E-state index contributed by atoms with van der Waals surface area (Å²) in [4.78, 5) is 14.7. The molecule has 2 rings (SSSR count). The Labute approximate surface area is 192 Å². The van der Waals surface area contributed by atoms with Crippen LogP contribution in [0.1, 0.15) is 49.5 Å². The average molecular weight is 499 g/mol. The summed E-state index contributed by atoms with van der Waals surface area (Å²) in [7, 11) is 3.04. The monoisotopic (exact) mass is 498 g/mol. The van der Waals surface area contributed by atoms with Gasteiger partial charge in [-0.15, -0.1) is 0 Å². The molecule has 3 atom stereocenters. The molecule has 0 bridgehead atoms. The Morgan fingerprint density at radius 1 is 1.23 bits per heavy atom. The maximum absolute atomic E-state index is 12.9. The van der Waals surface area contributed by atoms with E-state index >= 15 is 0 Å². The molecule has 172 valence electrons. The van der Waals surface area contributed by atoms with Crippen LogP contribution in [0.15, 0.2) is 29.3 Å². The van der Waals surface area contributed by atoms with Crippen molar-refractivity contribution in [2.24, 2.45) is 0 Å². The number of benzene rings is 1. The van der Waals surface area contributed by atoms with Gasteiger partial charge in [-0.25, -0.2) is 4.79 Å². The van der Waals surface area contributed by atoms with E-state index in [1.54, 1.807) is 30.3 Å². The molecule has 0 aromatic heterocycles. The van der Waals surface area contributed by atoms with Crippen LogP contribution < -0.4 is 9.47 Å². The maximum Gasteiger partial charge on any atom is 0.342 e. The fourth-order valence-corrected chi connectivity index (χ4v) is 3.58. The molecule has 0 radical (unpaired) electrons. The highest BCUT2D eigenvalue weighted by Crippen LogP contribution is 2.33. The van der Waals surface area contributed by atoms with Crippen LogP contribution in [0.4, 0.5) is 0 Å². The first-order valence-corrected chi connectivity index (χ1v) is 11.0. The topological polar surface area (TPSA) is 83.5 Å². The lowest BCUT2D eigenvalue weighted by Gasteiger charge is -2.17. The summed E-state index contributed by atoms with van der Waals surface area (Å²) in [5.74, 6) is -0.315. The molecule has 8 heteroatoms. The molecule has 0 unspecified atom stereocenters. The van der Waals surface area contributed by atoms with Crippen LogP contribution in [-0.2, 0) is 14.2 Å². The second kappa shape index (κ2) is 11.7. The van der Waals surface area contributed by atoms with Crippen molar-refractivity contribution < 1.29 is 33.6 Å². The van der Waals surface area contributed by atoms with Crippen molar-refractivity contribution in [3.8, 4) is 11.5 Å². The lowest BCUT2D eigenvalue weighted by Crippen LogP contribution is -2.25. The van der Waals surface area contributed by atoms with Gasteiger partial charge in [-0.1, -0.05) is 34.2 Å². The van der Waals surface area contributed by atoms with Crippen LogP contribution in [0, 0.1) is 0 Å². The first-order valence-electron chi connectivity index (χ1n) is 10.1. The SMILES string of the molecule is COc1cc(/C=C/C[C@@H]2OC(C)(C)O[C@@H]2CO)c(C(=O)O[C@@H](C)C/C=C\Br)c(OC)c1. The summed E-state index contributed by atoms with van der Waals surface area (Å²) in [6.45, 7) is 5.32. The van der Waals surface area contributed by atoms with Gasteiger partial charge in [-0.3, -0.25) is 0 Å². The van der Waals surface area contributed by atoms with E-state index in [0.29, 0.717) is 35.5 Å². The third-order valence-electron chi connectivity index (χ3n) is 4.76. The number of methoxy groups -OCH3 is 2. The van der Waals surface area contributed by atoms with Gasteiger partial charge in [-0.05, 0) is 43.8 Å². The maximum atomic E-state index is 12.9. The van der Waals surface area contributed by atoms with E-state index in [1.807, 2.05) is 32.9 Å². The first kappa shape index (κ1) is 25.4. The summed E-state index contributed by atoms with van der Waals surface area (Å²) in [6.07, 6.45) is 5.61. The number of carbonyl (C=O) groups excluding carboxylic acids is 1.